The first-order valence-electron chi connectivity index (χ1n) is 47.3. The summed E-state index contributed by atoms with van der Waals surface area (Å²) in [4.78, 5) is 29.4. The summed E-state index contributed by atoms with van der Waals surface area (Å²) in [5.41, 5.74) is 3.84. The van der Waals surface area contributed by atoms with E-state index in [1.165, 1.54) is 79.8 Å². The van der Waals surface area contributed by atoms with Crippen LogP contribution in [-0.4, -0.2) is 80.0 Å². The second kappa shape index (κ2) is 71.5. The molecule has 5 aromatic rings. The van der Waals surface area contributed by atoms with E-state index in [0.717, 1.165) is 241 Å². The minimum Gasteiger partial charge on any atom is -0.493 e. The van der Waals surface area contributed by atoms with Gasteiger partial charge in [0.05, 0.1) is 79.2 Å². The van der Waals surface area contributed by atoms with Gasteiger partial charge in [-0.1, -0.05) is 352 Å². The SMILES string of the molecule is C=C/C=C\CCCCCCCCOc1cc(C(=O)Oc2c(OC)cc(/C=C/c3ccc(/C=C/c4cc(OC)c(OC(=O)c5cc(OCCCCCCCC/C=C/C=C)c(OCCCCCCCC/C=C/C=C)c(OCCCCCCCC/C=C/C=C)c5)c(OC)c4)cc3)cc2OC)cc(OCCCCCCCC/C=C/C=C)c1OCCCCCCCC/C=C/C=C. The maximum Gasteiger partial charge on any atom is 0.344 e. The quantitative estimate of drug-likeness (QED) is 0.0120. The van der Waals surface area contributed by atoms with Crippen molar-refractivity contribution in [3.05, 3.63) is 255 Å². The van der Waals surface area contributed by atoms with E-state index in [2.05, 4.69) is 75.9 Å². The topological polar surface area (TPSA) is 145 Å². The lowest BCUT2D eigenvalue weighted by Crippen LogP contribution is -2.13. The first-order chi connectivity index (χ1) is 62.1. The number of benzene rings is 5. The molecule has 0 N–H and O–H groups in total. The van der Waals surface area contributed by atoms with Gasteiger partial charge in [-0.05, 0) is 186 Å². The average Bonchev–Trinajstić information content (AvgIpc) is 0.803. The molecule has 0 amide bonds. The molecule has 5 aromatic carbocycles. The van der Waals surface area contributed by atoms with E-state index < -0.39 is 11.9 Å². The molecule has 0 aliphatic rings. The third-order valence-electron chi connectivity index (χ3n) is 21.5. The van der Waals surface area contributed by atoms with Gasteiger partial charge in [0, 0.05) is 0 Å². The summed E-state index contributed by atoms with van der Waals surface area (Å²) >= 11 is 0. The number of methoxy groups -OCH3 is 4. The van der Waals surface area contributed by atoms with Gasteiger partial charge in [0.15, 0.2) is 46.0 Å². The molecule has 0 heterocycles. The molecule has 0 fully saturated rings. The Hall–Kier alpha value is -10.6. The van der Waals surface area contributed by atoms with Gasteiger partial charge < -0.3 is 56.8 Å². The highest BCUT2D eigenvalue weighted by molar-refractivity contribution is 5.94. The van der Waals surface area contributed by atoms with Crippen LogP contribution < -0.4 is 56.8 Å². The number of hydrogen-bond acceptors (Lipinski definition) is 14. The highest BCUT2D eigenvalue weighted by Crippen LogP contribution is 2.45. The molecule has 126 heavy (non-hydrogen) atoms. The van der Waals surface area contributed by atoms with Crippen LogP contribution in [0.2, 0.25) is 0 Å². The predicted molar refractivity (Wildman–Crippen MR) is 529 cm³/mol. The van der Waals surface area contributed by atoms with Crippen LogP contribution in [0.5, 0.6) is 69.0 Å². The van der Waals surface area contributed by atoms with E-state index in [1.807, 2.05) is 146 Å². The number of ether oxygens (including phenoxy) is 12. The number of unbranched alkanes of at least 4 members (excludes halogenated alkanes) is 36. The highest BCUT2D eigenvalue weighted by atomic mass is 16.6. The van der Waals surface area contributed by atoms with Crippen molar-refractivity contribution in [1.29, 1.82) is 0 Å². The lowest BCUT2D eigenvalue weighted by molar-refractivity contribution is 0.0714. The largest absolute Gasteiger partial charge is 0.493 e. The predicted octanol–water partition coefficient (Wildman–Crippen LogP) is 31.6. The van der Waals surface area contributed by atoms with Crippen molar-refractivity contribution in [2.45, 2.75) is 270 Å². The molecule has 0 atom stereocenters. The lowest BCUT2D eigenvalue weighted by Gasteiger charge is -2.19. The van der Waals surface area contributed by atoms with Crippen molar-refractivity contribution >= 4 is 36.2 Å². The van der Waals surface area contributed by atoms with Crippen molar-refractivity contribution in [2.75, 3.05) is 68.1 Å². The molecule has 0 aromatic heterocycles. The van der Waals surface area contributed by atoms with Crippen molar-refractivity contribution in [2.24, 2.45) is 0 Å². The summed E-state index contributed by atoms with van der Waals surface area (Å²) in [7, 11) is 6.16. The second-order valence-electron chi connectivity index (χ2n) is 31.8. The first-order valence-corrected chi connectivity index (χ1v) is 47.3. The van der Waals surface area contributed by atoms with Gasteiger partial charge in [0.2, 0.25) is 23.0 Å². The average molecular weight is 1720 g/mol. The fourth-order valence-corrected chi connectivity index (χ4v) is 14.4. The normalized spacial score (nSPS) is 11.6. The Morgan fingerprint density at radius 2 is 0.421 bits per heavy atom. The zero-order valence-corrected chi connectivity index (χ0v) is 77.5. The molecule has 686 valence electrons. The molecule has 0 aliphatic carbocycles. The third-order valence-corrected chi connectivity index (χ3v) is 21.5. The summed E-state index contributed by atoms with van der Waals surface area (Å²) < 4.78 is 76.1. The van der Waals surface area contributed by atoms with Gasteiger partial charge in [-0.3, -0.25) is 0 Å². The van der Waals surface area contributed by atoms with Gasteiger partial charge >= 0.3 is 11.9 Å². The van der Waals surface area contributed by atoms with Crippen molar-refractivity contribution < 1.29 is 66.4 Å². The van der Waals surface area contributed by atoms with Crippen LogP contribution in [0.15, 0.2) is 222 Å². The number of esters is 2. The van der Waals surface area contributed by atoms with E-state index in [4.69, 9.17) is 56.8 Å². The fourth-order valence-electron chi connectivity index (χ4n) is 14.4. The molecular formula is C112H154O14. The zero-order valence-electron chi connectivity index (χ0n) is 77.5. The van der Waals surface area contributed by atoms with Crippen LogP contribution in [-0.2, 0) is 0 Å². The Morgan fingerprint density at radius 3 is 0.627 bits per heavy atom. The summed E-state index contributed by atoms with van der Waals surface area (Å²) in [5.74, 6) is 3.00. The molecule has 5 rings (SSSR count). The lowest BCUT2D eigenvalue weighted by atomic mass is 10.1. The highest BCUT2D eigenvalue weighted by Gasteiger charge is 2.27. The Kier molecular flexibility index (Phi) is 60.1. The number of rotatable bonds is 78. The first kappa shape index (κ1) is 106. The maximum absolute atomic E-state index is 14.7. The van der Waals surface area contributed by atoms with Crippen LogP contribution in [0.3, 0.4) is 0 Å². The molecule has 14 nitrogen and oxygen atoms in total. The van der Waals surface area contributed by atoms with E-state index in [0.29, 0.717) is 97.1 Å². The Morgan fingerprint density at radius 1 is 0.230 bits per heavy atom. The molecule has 0 bridgehead atoms. The second-order valence-corrected chi connectivity index (χ2v) is 31.8. The third kappa shape index (κ3) is 46.6. The Balaban J connectivity index is 1.35. The molecule has 0 spiro atoms. The van der Waals surface area contributed by atoms with Crippen LogP contribution in [0.25, 0.3) is 24.3 Å². The van der Waals surface area contributed by atoms with E-state index in [1.54, 1.807) is 24.3 Å². The van der Waals surface area contributed by atoms with Crippen molar-refractivity contribution in [3.8, 4) is 69.0 Å². The van der Waals surface area contributed by atoms with Gasteiger partial charge in [-0.25, -0.2) is 9.59 Å². The summed E-state index contributed by atoms with van der Waals surface area (Å²) in [6.45, 7) is 25.4. The fraction of sp³-hybridized carbons (Fsp3) is 0.464. The molecule has 0 saturated carbocycles. The standard InChI is InChI=1S/C112H154O14/c1-11-17-23-29-35-41-47-53-59-65-79-119-103-89-97(90-104(120-80-66-60-54-48-42-36-30-24-18-12-2)107(103)123-83-69-63-57-51-45-39-33-27-21-15-5)111(113)125-109-99(115-7)85-95(86-100(109)116-8)77-75-93-71-73-94(74-72-93)76-78-96-87-101(117-9)110(102(88-96)118-10)126-112(114)98-91-105(121-81-67-61-55-49-43-37-31-25-19-13-3)108(124-84-70-64-58-52-46-40-34-28-22-16-6)106(92-98)122-82-68-62-56-50-44-38-32-26-20-14-4/h11-28,71-78,85-92H,1-6,29-70,79-84H2,7-10H3/b23-17-,24-18+,25-19+,26-20+,27-21+,28-22+,77-75+,78-76+. The molecular weight excluding hydrogens is 1570 g/mol. The molecule has 0 radical (unpaired) electrons. The number of allylic oxidation sites excluding steroid dienone is 18. The minimum absolute atomic E-state index is 0.133. The molecule has 0 saturated heterocycles. The zero-order chi connectivity index (χ0) is 90.0. The van der Waals surface area contributed by atoms with E-state index >= 15 is 0 Å². The molecule has 14 heteroatoms. The smallest absolute Gasteiger partial charge is 0.344 e. The van der Waals surface area contributed by atoms with E-state index in [-0.39, 0.29) is 22.6 Å². The van der Waals surface area contributed by atoms with Crippen LogP contribution in [0, 0.1) is 0 Å². The van der Waals surface area contributed by atoms with Crippen molar-refractivity contribution in [3.63, 3.8) is 0 Å². The van der Waals surface area contributed by atoms with Crippen LogP contribution in [0.1, 0.15) is 313 Å². The van der Waals surface area contributed by atoms with Gasteiger partial charge in [-0.2, -0.15) is 0 Å². The number of hydrogen-bond donors (Lipinski definition) is 0. The van der Waals surface area contributed by atoms with Crippen LogP contribution in [0.4, 0.5) is 0 Å². The van der Waals surface area contributed by atoms with E-state index in [9.17, 15) is 9.59 Å². The Bertz CT molecular complexity index is 3700. The minimum atomic E-state index is -0.637. The van der Waals surface area contributed by atoms with Crippen LogP contribution >= 0.6 is 0 Å². The summed E-state index contributed by atoms with van der Waals surface area (Å²) in [6, 6.07) is 22.2. The maximum atomic E-state index is 14.7. The molecule has 0 aliphatic heterocycles. The van der Waals surface area contributed by atoms with Crippen molar-refractivity contribution in [1.82, 2.24) is 0 Å². The number of carbonyl (C=O) groups is 2. The summed E-state index contributed by atoms with van der Waals surface area (Å²) in [5, 5.41) is 0. The molecule has 0 unspecified atom stereocenters. The van der Waals surface area contributed by atoms with Gasteiger partial charge in [0.25, 0.3) is 0 Å². The van der Waals surface area contributed by atoms with Gasteiger partial charge in [-0.15, -0.1) is 0 Å². The monoisotopic (exact) mass is 1720 g/mol. The summed E-state index contributed by atoms with van der Waals surface area (Å²) in [6.07, 6.45) is 89.2. The number of carbonyl (C=O) groups excluding carboxylic acids is 2. The Labute approximate surface area is 760 Å². The van der Waals surface area contributed by atoms with Gasteiger partial charge in [0.1, 0.15) is 0 Å².